The number of rotatable bonds is 6. The molecule has 2 aromatic rings. The maximum absolute atomic E-state index is 4.49. The molecule has 0 aliphatic carbocycles. The third-order valence-electron chi connectivity index (χ3n) is 7.12. The summed E-state index contributed by atoms with van der Waals surface area (Å²) in [5, 5.41) is 0. The second kappa shape index (κ2) is 9.23. The van der Waals surface area contributed by atoms with Gasteiger partial charge in [-0.25, -0.2) is 4.98 Å². The lowest BCUT2D eigenvalue weighted by Gasteiger charge is -2.40. The van der Waals surface area contributed by atoms with E-state index in [0.29, 0.717) is 5.92 Å². The zero-order chi connectivity index (χ0) is 19.3. The Morgan fingerprint density at radius 2 is 1.54 bits per heavy atom. The molecule has 0 bridgehead atoms. The number of hydrogen-bond acceptors (Lipinski definition) is 3. The van der Waals surface area contributed by atoms with Crippen LogP contribution in [0, 0.1) is 11.8 Å². The molecule has 2 fully saturated rings. The van der Waals surface area contributed by atoms with E-state index in [1.807, 2.05) is 6.20 Å². The average Bonchev–Trinajstić information content (AvgIpc) is 3.14. The molecule has 2 aliphatic rings. The first-order chi connectivity index (χ1) is 13.7. The van der Waals surface area contributed by atoms with Crippen LogP contribution >= 0.6 is 0 Å². The topological polar surface area (TPSA) is 24.3 Å². The Bertz CT molecular complexity index is 709. The van der Waals surface area contributed by atoms with Crippen LogP contribution < -0.4 is 0 Å². The minimum atomic E-state index is 0.632. The first kappa shape index (κ1) is 19.7. The highest BCUT2D eigenvalue weighted by molar-refractivity contribution is 5.19. The molecule has 152 valence electrons. The molecule has 2 aliphatic heterocycles. The van der Waals surface area contributed by atoms with Gasteiger partial charge in [-0.3, -0.25) is 4.90 Å². The molecule has 1 aromatic carbocycles. The van der Waals surface area contributed by atoms with Gasteiger partial charge in [-0.15, -0.1) is 0 Å². The van der Waals surface area contributed by atoms with E-state index >= 15 is 0 Å². The highest BCUT2D eigenvalue weighted by Crippen LogP contribution is 2.33. The van der Waals surface area contributed by atoms with Gasteiger partial charge >= 0.3 is 0 Å². The summed E-state index contributed by atoms with van der Waals surface area (Å²) >= 11 is 0. The number of likely N-dealkylation sites (tertiary alicyclic amines) is 2. The lowest BCUT2D eigenvalue weighted by atomic mass is 9.78. The third kappa shape index (κ3) is 4.84. The van der Waals surface area contributed by atoms with Gasteiger partial charge in [-0.2, -0.15) is 0 Å². The molecule has 0 saturated carbocycles. The van der Waals surface area contributed by atoms with Crippen LogP contribution in [0.15, 0.2) is 42.7 Å². The van der Waals surface area contributed by atoms with Crippen molar-refractivity contribution in [3.8, 4) is 0 Å². The number of imidazole rings is 1. The van der Waals surface area contributed by atoms with Crippen molar-refractivity contribution in [1.29, 1.82) is 0 Å². The van der Waals surface area contributed by atoms with Crippen molar-refractivity contribution in [1.82, 2.24) is 19.4 Å². The molecule has 3 heterocycles. The minimum absolute atomic E-state index is 0.632. The van der Waals surface area contributed by atoms with Crippen LogP contribution in [0.4, 0.5) is 0 Å². The Kier molecular flexibility index (Phi) is 6.48. The van der Waals surface area contributed by atoms with Gasteiger partial charge in [0.05, 0.1) is 6.54 Å². The number of hydrogen-bond donors (Lipinski definition) is 0. The Labute approximate surface area is 170 Å². The molecule has 0 radical (unpaired) electrons. The van der Waals surface area contributed by atoms with Crippen LogP contribution in [-0.4, -0.2) is 52.1 Å². The summed E-state index contributed by atoms with van der Waals surface area (Å²) in [5.41, 5.74) is 1.48. The molecule has 28 heavy (non-hydrogen) atoms. The highest BCUT2D eigenvalue weighted by Gasteiger charge is 2.30. The molecule has 0 amide bonds. The van der Waals surface area contributed by atoms with Gasteiger partial charge in [-0.1, -0.05) is 37.3 Å². The van der Waals surface area contributed by atoms with Crippen LogP contribution in [0.25, 0.3) is 0 Å². The van der Waals surface area contributed by atoms with Gasteiger partial charge in [0.25, 0.3) is 0 Å². The van der Waals surface area contributed by atoms with Crippen molar-refractivity contribution in [2.24, 2.45) is 18.9 Å². The monoisotopic (exact) mass is 380 g/mol. The summed E-state index contributed by atoms with van der Waals surface area (Å²) in [4.78, 5) is 9.78. The molecule has 0 spiro atoms. The number of benzene rings is 1. The zero-order valence-electron chi connectivity index (χ0n) is 17.6. The van der Waals surface area contributed by atoms with E-state index in [0.717, 1.165) is 18.4 Å². The van der Waals surface area contributed by atoms with Gasteiger partial charge in [0, 0.05) is 26.0 Å². The number of nitrogens with zero attached hydrogens (tertiary/aromatic N) is 4. The maximum Gasteiger partial charge on any atom is 0.122 e. The second-order valence-electron chi connectivity index (χ2n) is 9.02. The van der Waals surface area contributed by atoms with E-state index in [1.165, 1.54) is 69.8 Å². The predicted octanol–water partition coefficient (Wildman–Crippen LogP) is 4.15. The first-order valence-electron chi connectivity index (χ1n) is 11.1. The van der Waals surface area contributed by atoms with Crippen molar-refractivity contribution in [2.45, 2.75) is 45.1 Å². The van der Waals surface area contributed by atoms with Crippen molar-refractivity contribution in [2.75, 3.05) is 32.7 Å². The summed E-state index contributed by atoms with van der Waals surface area (Å²) in [5.74, 6) is 3.70. The van der Waals surface area contributed by atoms with Gasteiger partial charge < -0.3 is 9.47 Å². The van der Waals surface area contributed by atoms with Crippen molar-refractivity contribution in [3.63, 3.8) is 0 Å². The molecular weight excluding hydrogens is 344 g/mol. The Morgan fingerprint density at radius 3 is 2.11 bits per heavy atom. The number of piperidine rings is 2. The van der Waals surface area contributed by atoms with Gasteiger partial charge in [-0.05, 0) is 75.2 Å². The molecule has 1 aromatic heterocycles. The van der Waals surface area contributed by atoms with E-state index in [2.05, 4.69) is 69.9 Å². The standard InChI is InChI=1S/C24H36N4/c1-20(21-6-4-3-5-7-21)18-27-13-8-22(9-14-27)23-10-15-28(16-11-23)19-24-25-12-17-26(24)2/h3-7,12,17,20,22-23H,8-11,13-16,18-19H2,1-2H3. The van der Waals surface area contributed by atoms with E-state index in [9.17, 15) is 0 Å². The Morgan fingerprint density at radius 1 is 0.929 bits per heavy atom. The lowest BCUT2D eigenvalue weighted by molar-refractivity contribution is 0.0904. The quantitative estimate of drug-likeness (QED) is 0.752. The van der Waals surface area contributed by atoms with Crippen LogP contribution in [0.5, 0.6) is 0 Å². The zero-order valence-corrected chi connectivity index (χ0v) is 17.6. The summed E-state index contributed by atoms with van der Waals surface area (Å²) < 4.78 is 2.15. The van der Waals surface area contributed by atoms with E-state index < -0.39 is 0 Å². The van der Waals surface area contributed by atoms with Crippen LogP contribution in [0.3, 0.4) is 0 Å². The minimum Gasteiger partial charge on any atom is -0.337 e. The van der Waals surface area contributed by atoms with Crippen LogP contribution in [0.1, 0.15) is 49.9 Å². The van der Waals surface area contributed by atoms with Crippen LogP contribution in [-0.2, 0) is 13.6 Å². The Balaban J connectivity index is 1.19. The lowest BCUT2D eigenvalue weighted by Crippen LogP contribution is -2.41. The largest absolute Gasteiger partial charge is 0.337 e. The summed E-state index contributed by atoms with van der Waals surface area (Å²) in [6.45, 7) is 9.64. The molecule has 2 saturated heterocycles. The fourth-order valence-electron chi connectivity index (χ4n) is 5.21. The third-order valence-corrected chi connectivity index (χ3v) is 7.12. The summed E-state index contributed by atoms with van der Waals surface area (Å²) in [6.07, 6.45) is 9.49. The predicted molar refractivity (Wildman–Crippen MR) is 115 cm³/mol. The molecule has 1 unspecified atom stereocenters. The fourth-order valence-corrected chi connectivity index (χ4v) is 5.21. The highest BCUT2D eigenvalue weighted by atomic mass is 15.2. The molecule has 4 rings (SSSR count). The smallest absolute Gasteiger partial charge is 0.122 e. The molecular formula is C24H36N4. The van der Waals surface area contributed by atoms with E-state index in [1.54, 1.807) is 0 Å². The Hall–Kier alpha value is -1.65. The normalized spacial score (nSPS) is 21.8. The van der Waals surface area contributed by atoms with Gasteiger partial charge in [0.1, 0.15) is 5.82 Å². The van der Waals surface area contributed by atoms with Crippen molar-refractivity contribution >= 4 is 0 Å². The SMILES string of the molecule is CC(CN1CCC(C2CCN(Cc3nccn3C)CC2)CC1)c1ccccc1. The molecule has 4 heteroatoms. The maximum atomic E-state index is 4.49. The summed E-state index contributed by atoms with van der Waals surface area (Å²) in [6, 6.07) is 11.0. The van der Waals surface area contributed by atoms with Gasteiger partial charge in [0.15, 0.2) is 0 Å². The molecule has 4 nitrogen and oxygen atoms in total. The first-order valence-corrected chi connectivity index (χ1v) is 11.1. The van der Waals surface area contributed by atoms with Gasteiger partial charge in [0.2, 0.25) is 0 Å². The second-order valence-corrected chi connectivity index (χ2v) is 9.02. The fraction of sp³-hybridized carbons (Fsp3) is 0.625. The average molecular weight is 381 g/mol. The number of aromatic nitrogens is 2. The van der Waals surface area contributed by atoms with Crippen molar-refractivity contribution < 1.29 is 0 Å². The molecule has 1 atom stereocenters. The summed E-state index contributed by atoms with van der Waals surface area (Å²) in [7, 11) is 2.10. The van der Waals surface area contributed by atoms with E-state index in [4.69, 9.17) is 0 Å². The van der Waals surface area contributed by atoms with Crippen molar-refractivity contribution in [3.05, 3.63) is 54.1 Å². The molecule has 0 N–H and O–H groups in total. The van der Waals surface area contributed by atoms with Crippen LogP contribution in [0.2, 0.25) is 0 Å². The number of aryl methyl sites for hydroxylation is 1. The van der Waals surface area contributed by atoms with E-state index in [-0.39, 0.29) is 0 Å².